The van der Waals surface area contributed by atoms with Gasteiger partial charge in [0, 0.05) is 22.7 Å². The van der Waals surface area contributed by atoms with Gasteiger partial charge in [-0.3, -0.25) is 4.79 Å². The minimum atomic E-state index is -0.715. The summed E-state index contributed by atoms with van der Waals surface area (Å²) in [6, 6.07) is 12.6. The molecule has 140 valence electrons. The zero-order valence-corrected chi connectivity index (χ0v) is 16.0. The molecule has 27 heavy (non-hydrogen) atoms. The van der Waals surface area contributed by atoms with E-state index in [0.29, 0.717) is 6.54 Å². The Morgan fingerprint density at radius 2 is 1.85 bits per heavy atom. The lowest BCUT2D eigenvalue weighted by Gasteiger charge is -2.12. The molecule has 0 radical (unpaired) electrons. The Bertz CT molecular complexity index is 1010. The summed E-state index contributed by atoms with van der Waals surface area (Å²) >= 11 is 7.77. The van der Waals surface area contributed by atoms with Crippen LogP contribution in [0.4, 0.5) is 8.78 Å². The Morgan fingerprint density at radius 3 is 2.52 bits per heavy atom. The molecule has 0 spiro atoms. The van der Waals surface area contributed by atoms with Gasteiger partial charge in [-0.05, 0) is 42.2 Å². The van der Waals surface area contributed by atoms with E-state index in [4.69, 9.17) is 16.3 Å². The van der Waals surface area contributed by atoms with Crippen molar-refractivity contribution in [3.63, 3.8) is 0 Å². The van der Waals surface area contributed by atoms with Gasteiger partial charge in [-0.2, -0.15) is 0 Å². The van der Waals surface area contributed by atoms with Crippen LogP contribution in [0, 0.1) is 11.6 Å². The minimum absolute atomic E-state index is 0.0826. The third kappa shape index (κ3) is 4.70. The fourth-order valence-corrected chi connectivity index (χ4v) is 3.12. The molecule has 0 atom stereocenters. The van der Waals surface area contributed by atoms with E-state index < -0.39 is 17.2 Å². The van der Waals surface area contributed by atoms with Crippen molar-refractivity contribution in [2.75, 3.05) is 6.26 Å². The van der Waals surface area contributed by atoms with Crippen LogP contribution in [0.15, 0.2) is 64.4 Å². The molecular formula is C20H16ClF2NO2S. The van der Waals surface area contributed by atoms with Gasteiger partial charge in [0.25, 0.3) is 5.56 Å². The zero-order chi connectivity index (χ0) is 19.4. The second-order valence-electron chi connectivity index (χ2n) is 5.80. The first-order chi connectivity index (χ1) is 13.0. The molecule has 3 aromatic rings. The summed E-state index contributed by atoms with van der Waals surface area (Å²) in [5.41, 5.74) is 0.737. The van der Waals surface area contributed by atoms with Crippen LogP contribution in [0.5, 0.6) is 5.75 Å². The normalized spacial score (nSPS) is 10.8. The molecule has 0 fully saturated rings. The third-order valence-corrected chi connectivity index (χ3v) is 5.07. The maximum Gasteiger partial charge on any atom is 0.273 e. The van der Waals surface area contributed by atoms with Crippen LogP contribution in [-0.2, 0) is 13.2 Å². The Morgan fingerprint density at radius 1 is 1.11 bits per heavy atom. The predicted octanol–water partition coefficient (Wildman–Crippen LogP) is 5.13. The van der Waals surface area contributed by atoms with Gasteiger partial charge in [0.15, 0.2) is 0 Å². The number of hydrogen-bond acceptors (Lipinski definition) is 3. The number of thioether (sulfide) groups is 1. The van der Waals surface area contributed by atoms with Crippen molar-refractivity contribution in [3.05, 3.63) is 92.9 Å². The van der Waals surface area contributed by atoms with Crippen molar-refractivity contribution in [1.29, 1.82) is 0 Å². The number of halogens is 3. The van der Waals surface area contributed by atoms with Gasteiger partial charge < -0.3 is 9.30 Å². The van der Waals surface area contributed by atoms with Gasteiger partial charge in [-0.1, -0.05) is 23.7 Å². The van der Waals surface area contributed by atoms with Gasteiger partial charge in [0.05, 0.1) is 6.54 Å². The van der Waals surface area contributed by atoms with Gasteiger partial charge in [-0.25, -0.2) is 8.78 Å². The highest BCUT2D eigenvalue weighted by Gasteiger charge is 2.11. The Balaban J connectivity index is 1.75. The van der Waals surface area contributed by atoms with Gasteiger partial charge in [0.2, 0.25) is 0 Å². The number of pyridine rings is 1. The average Bonchev–Trinajstić information content (AvgIpc) is 2.67. The summed E-state index contributed by atoms with van der Waals surface area (Å²) in [6.45, 7) is 0.214. The molecule has 2 aromatic carbocycles. The van der Waals surface area contributed by atoms with Gasteiger partial charge >= 0.3 is 0 Å². The molecule has 0 aliphatic heterocycles. The van der Waals surface area contributed by atoms with Crippen molar-refractivity contribution >= 4 is 23.4 Å². The molecule has 0 saturated heterocycles. The molecule has 7 heteroatoms. The SMILES string of the molecule is CSc1ccc(Cn2ccc(OCc3ccc(F)cc3F)c(Cl)c2=O)cc1. The van der Waals surface area contributed by atoms with Crippen LogP contribution in [-0.4, -0.2) is 10.8 Å². The molecule has 3 nitrogen and oxygen atoms in total. The maximum atomic E-state index is 13.7. The number of benzene rings is 2. The summed E-state index contributed by atoms with van der Waals surface area (Å²) < 4.78 is 33.5. The maximum absolute atomic E-state index is 13.7. The number of hydrogen-bond donors (Lipinski definition) is 0. The molecule has 0 amide bonds. The third-order valence-electron chi connectivity index (χ3n) is 3.98. The number of nitrogens with zero attached hydrogens (tertiary/aromatic N) is 1. The highest BCUT2D eigenvalue weighted by molar-refractivity contribution is 7.98. The monoisotopic (exact) mass is 407 g/mol. The predicted molar refractivity (Wildman–Crippen MR) is 104 cm³/mol. The lowest BCUT2D eigenvalue weighted by atomic mass is 10.2. The van der Waals surface area contributed by atoms with E-state index in [1.165, 1.54) is 10.6 Å². The van der Waals surface area contributed by atoms with Crippen LogP contribution in [0.1, 0.15) is 11.1 Å². The first kappa shape index (κ1) is 19.5. The summed E-state index contributed by atoms with van der Waals surface area (Å²) in [6.07, 6.45) is 3.57. The Hall–Kier alpha value is -2.31. The van der Waals surface area contributed by atoms with Crippen molar-refractivity contribution < 1.29 is 13.5 Å². The molecule has 0 aliphatic rings. The van der Waals surface area contributed by atoms with E-state index in [9.17, 15) is 13.6 Å². The van der Waals surface area contributed by atoms with Gasteiger partial charge in [-0.15, -0.1) is 11.8 Å². The van der Waals surface area contributed by atoms with Crippen molar-refractivity contribution in [3.8, 4) is 5.75 Å². The highest BCUT2D eigenvalue weighted by Crippen LogP contribution is 2.22. The van der Waals surface area contributed by atoms with Crippen LogP contribution in [0.3, 0.4) is 0 Å². The molecular weight excluding hydrogens is 392 g/mol. The summed E-state index contributed by atoms with van der Waals surface area (Å²) in [7, 11) is 0. The summed E-state index contributed by atoms with van der Waals surface area (Å²) in [4.78, 5) is 13.6. The van der Waals surface area contributed by atoms with Crippen LogP contribution < -0.4 is 10.3 Å². The van der Waals surface area contributed by atoms with Crippen LogP contribution in [0.2, 0.25) is 5.02 Å². The molecule has 0 saturated carbocycles. The van der Waals surface area contributed by atoms with E-state index in [0.717, 1.165) is 22.6 Å². The second kappa shape index (κ2) is 8.59. The van der Waals surface area contributed by atoms with E-state index >= 15 is 0 Å². The molecule has 0 N–H and O–H groups in total. The standard InChI is InChI=1S/C20H16ClF2NO2S/c1-27-16-6-2-13(3-7-16)11-24-9-8-18(19(21)20(24)25)26-12-14-4-5-15(22)10-17(14)23/h2-10H,11-12H2,1H3. The molecule has 0 bridgehead atoms. The molecule has 1 heterocycles. The Kier molecular flexibility index (Phi) is 6.19. The van der Waals surface area contributed by atoms with Gasteiger partial charge in [0.1, 0.15) is 29.0 Å². The fourth-order valence-electron chi connectivity index (χ4n) is 2.49. The zero-order valence-electron chi connectivity index (χ0n) is 14.4. The largest absolute Gasteiger partial charge is 0.487 e. The van der Waals surface area contributed by atoms with Crippen molar-refractivity contribution in [1.82, 2.24) is 4.57 Å². The van der Waals surface area contributed by atoms with E-state index in [1.54, 1.807) is 24.0 Å². The number of ether oxygens (including phenoxy) is 1. The Labute approximate surface area is 164 Å². The second-order valence-corrected chi connectivity index (χ2v) is 7.06. The summed E-state index contributed by atoms with van der Waals surface area (Å²) in [5.74, 6) is -1.23. The highest BCUT2D eigenvalue weighted by atomic mass is 35.5. The van der Waals surface area contributed by atoms with E-state index in [-0.39, 0.29) is 22.9 Å². The van der Waals surface area contributed by atoms with Crippen LogP contribution in [0.25, 0.3) is 0 Å². The average molecular weight is 408 g/mol. The lowest BCUT2D eigenvalue weighted by Crippen LogP contribution is -2.21. The molecule has 0 unspecified atom stereocenters. The molecule has 0 aliphatic carbocycles. The van der Waals surface area contributed by atoms with Crippen LogP contribution >= 0.6 is 23.4 Å². The van der Waals surface area contributed by atoms with E-state index in [1.807, 2.05) is 30.5 Å². The van der Waals surface area contributed by atoms with E-state index in [2.05, 4.69) is 0 Å². The molecule has 3 rings (SSSR count). The van der Waals surface area contributed by atoms with Crippen molar-refractivity contribution in [2.45, 2.75) is 18.0 Å². The quantitative estimate of drug-likeness (QED) is 0.531. The summed E-state index contributed by atoms with van der Waals surface area (Å²) in [5, 5.41) is -0.0826. The first-order valence-electron chi connectivity index (χ1n) is 8.06. The smallest absolute Gasteiger partial charge is 0.273 e. The number of aromatic nitrogens is 1. The number of rotatable bonds is 6. The van der Waals surface area contributed by atoms with Crippen molar-refractivity contribution in [2.24, 2.45) is 0 Å². The minimum Gasteiger partial charge on any atom is -0.487 e. The fraction of sp³-hybridized carbons (Fsp3) is 0.150. The lowest BCUT2D eigenvalue weighted by molar-refractivity contribution is 0.298. The topological polar surface area (TPSA) is 31.2 Å². The first-order valence-corrected chi connectivity index (χ1v) is 9.67. The molecule has 1 aromatic heterocycles.